The van der Waals surface area contributed by atoms with E-state index in [1.807, 2.05) is 0 Å². The highest BCUT2D eigenvalue weighted by Gasteiger charge is 2.24. The first-order valence-corrected chi connectivity index (χ1v) is 8.22. The molecule has 0 aliphatic rings. The minimum Gasteiger partial charge on any atom is -0.507 e. The lowest BCUT2D eigenvalue weighted by atomic mass is 10.1. The van der Waals surface area contributed by atoms with Gasteiger partial charge in [0.2, 0.25) is 6.04 Å². The summed E-state index contributed by atoms with van der Waals surface area (Å²) in [5.74, 6) is -2.96. The van der Waals surface area contributed by atoms with Gasteiger partial charge in [0.1, 0.15) is 17.6 Å². The SMILES string of the molecule is [C-]#[N+]C(N=Cc1cc(C(=O)O)ccc1O)C(C#N)N=Cc1cc(C(=O)O)ccc1O. The fourth-order valence-corrected chi connectivity index (χ4v) is 2.26. The molecule has 10 heteroatoms. The second kappa shape index (κ2) is 9.48. The maximum Gasteiger partial charge on any atom is 0.350 e. The van der Waals surface area contributed by atoms with Gasteiger partial charge < -0.3 is 20.4 Å². The van der Waals surface area contributed by atoms with Crippen molar-refractivity contribution < 1.29 is 30.0 Å². The van der Waals surface area contributed by atoms with Crippen LogP contribution in [0, 0.1) is 17.9 Å². The molecule has 0 bridgehead atoms. The molecule has 0 aliphatic heterocycles. The Morgan fingerprint density at radius 3 is 1.83 bits per heavy atom. The van der Waals surface area contributed by atoms with Crippen LogP contribution in [0.3, 0.4) is 0 Å². The molecule has 0 amide bonds. The molecule has 150 valence electrons. The molecule has 30 heavy (non-hydrogen) atoms. The molecule has 0 saturated carbocycles. The highest BCUT2D eigenvalue weighted by atomic mass is 16.4. The highest BCUT2D eigenvalue weighted by Crippen LogP contribution is 2.19. The molecular weight excluding hydrogens is 392 g/mol. The van der Waals surface area contributed by atoms with Gasteiger partial charge in [0.25, 0.3) is 0 Å². The number of carboxylic acid groups (broad SMARTS) is 2. The van der Waals surface area contributed by atoms with Gasteiger partial charge in [-0.15, -0.1) is 0 Å². The first-order chi connectivity index (χ1) is 14.3. The normalized spacial score (nSPS) is 12.9. The van der Waals surface area contributed by atoms with Crippen LogP contribution in [0.5, 0.6) is 11.5 Å². The average molecular weight is 406 g/mol. The standard InChI is InChI=1S/C20H14N4O6/c1-22-18(24-10-14-7-12(20(29)30)3-5-17(14)26)15(8-21)23-9-13-6-11(19(27)28)2-4-16(13)25/h2-7,9-10,15,18,25-26H,(H,27,28)(H,29,30). The summed E-state index contributed by atoms with van der Waals surface area (Å²) in [4.78, 5) is 33.1. The van der Waals surface area contributed by atoms with E-state index in [2.05, 4.69) is 14.8 Å². The van der Waals surface area contributed by atoms with Gasteiger partial charge in [-0.1, -0.05) is 0 Å². The van der Waals surface area contributed by atoms with Crippen LogP contribution in [-0.4, -0.2) is 57.0 Å². The zero-order valence-corrected chi connectivity index (χ0v) is 15.2. The number of carbonyl (C=O) groups is 2. The van der Waals surface area contributed by atoms with Crippen molar-refractivity contribution >= 4 is 24.4 Å². The molecule has 0 saturated heterocycles. The Morgan fingerprint density at radius 2 is 1.43 bits per heavy atom. The van der Waals surface area contributed by atoms with Crippen molar-refractivity contribution in [1.82, 2.24) is 0 Å². The summed E-state index contributed by atoms with van der Waals surface area (Å²) in [6.45, 7) is 7.24. The number of hydrogen-bond donors (Lipinski definition) is 4. The number of benzene rings is 2. The van der Waals surface area contributed by atoms with Gasteiger partial charge in [-0.05, 0) is 36.4 Å². The topological polar surface area (TPSA) is 168 Å². The molecular formula is C20H14N4O6. The number of aromatic hydroxyl groups is 2. The minimum atomic E-state index is -1.33. The number of aliphatic imine (C=N–C) groups is 2. The van der Waals surface area contributed by atoms with Crippen LogP contribution in [-0.2, 0) is 0 Å². The Morgan fingerprint density at radius 1 is 0.967 bits per heavy atom. The first-order valence-electron chi connectivity index (χ1n) is 8.22. The van der Waals surface area contributed by atoms with Crippen LogP contribution < -0.4 is 0 Å². The third kappa shape index (κ3) is 5.18. The molecule has 2 atom stereocenters. The van der Waals surface area contributed by atoms with E-state index in [4.69, 9.17) is 16.8 Å². The number of rotatable bonds is 7. The summed E-state index contributed by atoms with van der Waals surface area (Å²) in [5, 5.41) is 47.0. The summed E-state index contributed by atoms with van der Waals surface area (Å²) in [6, 6.07) is 7.50. The van der Waals surface area contributed by atoms with Gasteiger partial charge in [0.15, 0.2) is 0 Å². The number of hydrogen-bond acceptors (Lipinski definition) is 7. The van der Waals surface area contributed by atoms with E-state index in [9.17, 15) is 25.1 Å². The Balaban J connectivity index is 2.29. The average Bonchev–Trinajstić information content (AvgIpc) is 2.72. The molecule has 2 rings (SSSR count). The van der Waals surface area contributed by atoms with Gasteiger partial charge in [-0.2, -0.15) is 5.26 Å². The molecule has 2 aromatic carbocycles. The van der Waals surface area contributed by atoms with Crippen molar-refractivity contribution in [3.05, 3.63) is 70.1 Å². The Hall–Kier alpha value is -4.70. The number of nitriles is 1. The third-order valence-corrected chi connectivity index (χ3v) is 3.84. The lowest BCUT2D eigenvalue weighted by Gasteiger charge is -2.05. The van der Waals surface area contributed by atoms with Crippen LogP contribution in [0.2, 0.25) is 0 Å². The first kappa shape index (κ1) is 21.6. The van der Waals surface area contributed by atoms with E-state index >= 15 is 0 Å². The molecule has 0 heterocycles. The van der Waals surface area contributed by atoms with Crippen molar-refractivity contribution in [1.29, 1.82) is 5.26 Å². The summed E-state index contributed by atoms with van der Waals surface area (Å²) < 4.78 is 0. The smallest absolute Gasteiger partial charge is 0.350 e. The maximum absolute atomic E-state index is 11.0. The lowest BCUT2D eigenvalue weighted by molar-refractivity contribution is 0.0686. The Bertz CT molecular complexity index is 1040. The van der Waals surface area contributed by atoms with Gasteiger partial charge >= 0.3 is 18.1 Å². The maximum atomic E-state index is 11.0. The number of aromatic carboxylic acids is 2. The van der Waals surface area contributed by atoms with Crippen molar-refractivity contribution in [2.45, 2.75) is 12.2 Å². The molecule has 4 N–H and O–H groups in total. The highest BCUT2D eigenvalue weighted by molar-refractivity contribution is 5.93. The molecule has 2 unspecified atom stereocenters. The van der Waals surface area contributed by atoms with Crippen LogP contribution in [0.25, 0.3) is 4.85 Å². The summed E-state index contributed by atoms with van der Waals surface area (Å²) in [7, 11) is 0. The molecule has 10 nitrogen and oxygen atoms in total. The second-order valence-electron chi connectivity index (χ2n) is 5.83. The van der Waals surface area contributed by atoms with E-state index in [1.165, 1.54) is 12.1 Å². The van der Waals surface area contributed by atoms with Gasteiger partial charge in [-0.25, -0.2) is 21.2 Å². The van der Waals surface area contributed by atoms with Crippen LogP contribution >= 0.6 is 0 Å². The molecule has 0 spiro atoms. The largest absolute Gasteiger partial charge is 0.507 e. The lowest BCUT2D eigenvalue weighted by Crippen LogP contribution is -2.18. The second-order valence-corrected chi connectivity index (χ2v) is 5.83. The van der Waals surface area contributed by atoms with E-state index < -0.39 is 24.1 Å². The van der Waals surface area contributed by atoms with E-state index in [0.29, 0.717) is 0 Å². The summed E-state index contributed by atoms with van der Waals surface area (Å²) in [5.41, 5.74) is -0.126. The minimum absolute atomic E-state index is 0.0367. The van der Waals surface area contributed by atoms with Crippen molar-refractivity contribution in [3.63, 3.8) is 0 Å². The Kier molecular flexibility index (Phi) is 6.83. The van der Waals surface area contributed by atoms with E-state index in [1.54, 1.807) is 6.07 Å². The summed E-state index contributed by atoms with van der Waals surface area (Å²) >= 11 is 0. The fourth-order valence-electron chi connectivity index (χ4n) is 2.26. The predicted octanol–water partition coefficient (Wildman–Crippen LogP) is 2.17. The zero-order valence-electron chi connectivity index (χ0n) is 15.2. The predicted molar refractivity (Wildman–Crippen MR) is 105 cm³/mol. The van der Waals surface area contributed by atoms with Gasteiger partial charge in [0.05, 0.1) is 11.1 Å². The molecule has 0 radical (unpaired) electrons. The van der Waals surface area contributed by atoms with E-state index in [0.717, 1.165) is 36.7 Å². The van der Waals surface area contributed by atoms with Gasteiger partial charge in [-0.3, -0.25) is 9.84 Å². The van der Waals surface area contributed by atoms with Crippen molar-refractivity contribution in [2.24, 2.45) is 9.98 Å². The number of phenols is 2. The van der Waals surface area contributed by atoms with E-state index in [-0.39, 0.29) is 33.8 Å². The zero-order chi connectivity index (χ0) is 22.3. The van der Waals surface area contributed by atoms with Crippen molar-refractivity contribution in [2.75, 3.05) is 0 Å². The molecule has 0 aliphatic carbocycles. The fraction of sp³-hybridized carbons (Fsp3) is 0.100. The summed E-state index contributed by atoms with van der Waals surface area (Å²) in [6.07, 6.45) is 0.794. The number of phenolic OH excluding ortho intramolecular Hbond substituents is 2. The Labute approximate surface area is 170 Å². The van der Waals surface area contributed by atoms with Crippen molar-refractivity contribution in [3.8, 4) is 17.6 Å². The molecule has 0 fully saturated rings. The van der Waals surface area contributed by atoms with Crippen LogP contribution in [0.4, 0.5) is 0 Å². The number of carboxylic acids is 2. The molecule has 0 aromatic heterocycles. The quantitative estimate of drug-likeness (QED) is 0.403. The van der Waals surface area contributed by atoms with Crippen LogP contribution in [0.15, 0.2) is 46.4 Å². The van der Waals surface area contributed by atoms with Gasteiger partial charge in [0, 0.05) is 23.6 Å². The monoisotopic (exact) mass is 406 g/mol. The van der Waals surface area contributed by atoms with Crippen LogP contribution in [0.1, 0.15) is 31.8 Å². The number of nitrogens with zero attached hydrogens (tertiary/aromatic N) is 4. The third-order valence-electron chi connectivity index (χ3n) is 3.84. The molecule has 2 aromatic rings.